The molecule has 2 nitrogen and oxygen atoms in total. The van der Waals surface area contributed by atoms with E-state index < -0.39 is 0 Å². The highest BCUT2D eigenvalue weighted by Crippen LogP contribution is 2.38. The van der Waals surface area contributed by atoms with Crippen LogP contribution in [0, 0.1) is 9.39 Å². The number of halogens is 3. The van der Waals surface area contributed by atoms with Crippen LogP contribution in [0.1, 0.15) is 18.9 Å². The largest absolute Gasteiger partial charge is 0.327 e. The second-order valence-corrected chi connectivity index (χ2v) is 5.22. The van der Waals surface area contributed by atoms with Crippen molar-refractivity contribution in [2.24, 2.45) is 0 Å². The number of fused-ring (bicyclic) bond motifs is 1. The zero-order chi connectivity index (χ0) is 10.6. The zero-order valence-electron chi connectivity index (χ0n) is 7.67. The zero-order valence-corrected chi connectivity index (χ0v) is 10.6. The van der Waals surface area contributed by atoms with Crippen molar-refractivity contribution >= 4 is 45.2 Å². The molecule has 1 aliphatic carbocycles. The Labute approximate surface area is 105 Å². The van der Waals surface area contributed by atoms with Crippen molar-refractivity contribution in [1.82, 2.24) is 9.55 Å². The first-order chi connectivity index (χ1) is 7.18. The first kappa shape index (κ1) is 9.84. The molecule has 1 aliphatic rings. The van der Waals surface area contributed by atoms with E-state index in [1.54, 1.807) is 12.4 Å². The summed E-state index contributed by atoms with van der Waals surface area (Å²) >= 11 is 7.86. The van der Waals surface area contributed by atoms with Gasteiger partial charge in [-0.2, -0.15) is 0 Å². The molecule has 0 amide bonds. The van der Waals surface area contributed by atoms with Crippen molar-refractivity contribution in [3.8, 4) is 0 Å². The van der Waals surface area contributed by atoms with Crippen LogP contribution in [0.2, 0.25) is 5.02 Å². The van der Waals surface area contributed by atoms with E-state index >= 15 is 0 Å². The molecular formula is C10H7ClFIN2. The molecule has 1 saturated carbocycles. The van der Waals surface area contributed by atoms with E-state index in [-0.39, 0.29) is 5.82 Å². The number of rotatable bonds is 1. The van der Waals surface area contributed by atoms with Crippen molar-refractivity contribution < 1.29 is 4.39 Å². The Bertz CT molecular complexity index is 548. The van der Waals surface area contributed by atoms with Crippen LogP contribution in [0.15, 0.2) is 12.4 Å². The fourth-order valence-corrected chi connectivity index (χ4v) is 2.32. The average molecular weight is 337 g/mol. The average Bonchev–Trinajstić information content (AvgIpc) is 2.97. The highest BCUT2D eigenvalue weighted by Gasteiger charge is 2.26. The van der Waals surface area contributed by atoms with Crippen LogP contribution in [-0.2, 0) is 0 Å². The fraction of sp³-hybridized carbons (Fsp3) is 0.300. The lowest BCUT2D eigenvalue weighted by atomic mass is 10.3. The maximum Gasteiger partial charge on any atom is 0.165 e. The van der Waals surface area contributed by atoms with Gasteiger partial charge in [-0.3, -0.25) is 0 Å². The predicted octanol–water partition coefficient (Wildman–Crippen LogP) is 3.77. The lowest BCUT2D eigenvalue weighted by Crippen LogP contribution is -1.92. The summed E-state index contributed by atoms with van der Waals surface area (Å²) in [6.45, 7) is 0. The third-order valence-electron chi connectivity index (χ3n) is 2.65. The van der Waals surface area contributed by atoms with Crippen LogP contribution >= 0.6 is 34.2 Å². The van der Waals surface area contributed by atoms with Crippen LogP contribution in [0.5, 0.6) is 0 Å². The second kappa shape index (κ2) is 3.31. The molecule has 0 saturated heterocycles. The van der Waals surface area contributed by atoms with E-state index in [0.717, 1.165) is 18.4 Å². The van der Waals surface area contributed by atoms with E-state index in [1.165, 1.54) is 0 Å². The minimum absolute atomic E-state index is 0.308. The Morgan fingerprint density at radius 1 is 1.53 bits per heavy atom. The van der Waals surface area contributed by atoms with Crippen molar-refractivity contribution in [2.45, 2.75) is 18.9 Å². The number of hydrogen-bond acceptors (Lipinski definition) is 1. The summed E-state index contributed by atoms with van der Waals surface area (Å²) in [5.41, 5.74) is 1.23. The molecule has 3 rings (SSSR count). The maximum atomic E-state index is 13.8. The van der Waals surface area contributed by atoms with Crippen LogP contribution in [0.4, 0.5) is 4.39 Å². The van der Waals surface area contributed by atoms with Crippen molar-refractivity contribution in [2.75, 3.05) is 0 Å². The molecule has 0 bridgehead atoms. The monoisotopic (exact) mass is 336 g/mol. The van der Waals surface area contributed by atoms with Gasteiger partial charge in [-0.15, -0.1) is 0 Å². The van der Waals surface area contributed by atoms with Gasteiger partial charge in [0.1, 0.15) is 5.52 Å². The van der Waals surface area contributed by atoms with E-state index in [0.29, 0.717) is 20.2 Å². The Hall–Kier alpha value is -0.360. The molecule has 0 unspecified atom stereocenters. The smallest absolute Gasteiger partial charge is 0.165 e. The van der Waals surface area contributed by atoms with Crippen molar-refractivity contribution in [3.05, 3.63) is 26.8 Å². The molecule has 1 fully saturated rings. The quantitative estimate of drug-likeness (QED) is 0.572. The molecule has 0 atom stereocenters. The lowest BCUT2D eigenvalue weighted by molar-refractivity contribution is 0.630. The van der Waals surface area contributed by atoms with Crippen LogP contribution in [0.25, 0.3) is 11.0 Å². The van der Waals surface area contributed by atoms with Gasteiger partial charge in [-0.1, -0.05) is 11.6 Å². The van der Waals surface area contributed by atoms with E-state index in [4.69, 9.17) is 11.6 Å². The Kier molecular flexibility index (Phi) is 2.17. The van der Waals surface area contributed by atoms with Crippen LogP contribution in [0.3, 0.4) is 0 Å². The summed E-state index contributed by atoms with van der Waals surface area (Å²) < 4.78 is 16.2. The van der Waals surface area contributed by atoms with Gasteiger partial charge in [-0.25, -0.2) is 9.37 Å². The van der Waals surface area contributed by atoms with Gasteiger partial charge in [0.15, 0.2) is 5.82 Å². The third kappa shape index (κ3) is 1.45. The molecule has 5 heteroatoms. The van der Waals surface area contributed by atoms with Gasteiger partial charge in [0.05, 0.1) is 20.4 Å². The van der Waals surface area contributed by atoms with Crippen molar-refractivity contribution in [1.29, 1.82) is 0 Å². The number of aromatic nitrogens is 2. The van der Waals surface area contributed by atoms with Gasteiger partial charge >= 0.3 is 0 Å². The summed E-state index contributed by atoms with van der Waals surface area (Å²) in [7, 11) is 0. The van der Waals surface area contributed by atoms with Gasteiger partial charge in [-0.05, 0) is 41.5 Å². The normalized spacial score (nSPS) is 16.2. The van der Waals surface area contributed by atoms with Crippen molar-refractivity contribution in [3.63, 3.8) is 0 Å². The molecule has 0 aliphatic heterocycles. The maximum absolute atomic E-state index is 13.8. The lowest BCUT2D eigenvalue weighted by Gasteiger charge is -2.03. The second-order valence-electron chi connectivity index (χ2n) is 3.74. The Morgan fingerprint density at radius 3 is 2.93 bits per heavy atom. The number of nitrogens with zero attached hydrogens (tertiary/aromatic N) is 2. The standard InChI is InChI=1S/C10H7ClFIN2/c11-6-3-7-10(8(12)9(6)13)14-4-15(7)5-1-2-5/h3-5H,1-2H2. The topological polar surface area (TPSA) is 17.8 Å². The molecule has 1 heterocycles. The summed E-state index contributed by atoms with van der Waals surface area (Å²) in [6.07, 6.45) is 4.01. The highest BCUT2D eigenvalue weighted by atomic mass is 127. The fourth-order valence-electron chi connectivity index (χ4n) is 1.72. The molecule has 0 N–H and O–H groups in total. The summed E-state index contributed by atoms with van der Waals surface area (Å²) in [5.74, 6) is -0.308. The minimum atomic E-state index is -0.308. The predicted molar refractivity (Wildman–Crippen MR) is 65.7 cm³/mol. The van der Waals surface area contributed by atoms with E-state index in [9.17, 15) is 4.39 Å². The first-order valence-corrected chi connectivity index (χ1v) is 6.14. The Balaban J connectivity index is 2.35. The molecular weight excluding hydrogens is 329 g/mol. The third-order valence-corrected chi connectivity index (χ3v) is 4.32. The number of imidazole rings is 1. The molecule has 15 heavy (non-hydrogen) atoms. The minimum Gasteiger partial charge on any atom is -0.327 e. The van der Waals surface area contributed by atoms with Gasteiger partial charge in [0.25, 0.3) is 0 Å². The molecule has 2 aromatic rings. The SMILES string of the molecule is Fc1c(I)c(Cl)cc2c1ncn2C1CC1. The summed E-state index contributed by atoms with van der Waals surface area (Å²) in [5, 5.41) is 0.461. The first-order valence-electron chi connectivity index (χ1n) is 4.68. The van der Waals surface area contributed by atoms with E-state index in [2.05, 4.69) is 4.98 Å². The molecule has 0 spiro atoms. The molecule has 1 aromatic carbocycles. The highest BCUT2D eigenvalue weighted by molar-refractivity contribution is 14.1. The number of benzene rings is 1. The van der Waals surface area contributed by atoms with Gasteiger partial charge in [0.2, 0.25) is 0 Å². The summed E-state index contributed by atoms with van der Waals surface area (Å²) in [4.78, 5) is 4.11. The Morgan fingerprint density at radius 2 is 2.27 bits per heavy atom. The van der Waals surface area contributed by atoms with Gasteiger partial charge in [0, 0.05) is 6.04 Å². The summed E-state index contributed by atoms with van der Waals surface area (Å²) in [6, 6.07) is 2.29. The van der Waals surface area contributed by atoms with Crippen LogP contribution < -0.4 is 0 Å². The van der Waals surface area contributed by atoms with E-state index in [1.807, 2.05) is 27.2 Å². The molecule has 1 aromatic heterocycles. The molecule has 78 valence electrons. The van der Waals surface area contributed by atoms with Gasteiger partial charge < -0.3 is 4.57 Å². The molecule has 0 radical (unpaired) electrons. The number of hydrogen-bond donors (Lipinski definition) is 0. The van der Waals surface area contributed by atoms with Crippen LogP contribution in [-0.4, -0.2) is 9.55 Å².